The summed E-state index contributed by atoms with van der Waals surface area (Å²) < 4.78 is 0. The van der Waals surface area contributed by atoms with Crippen LogP contribution in [0.15, 0.2) is 24.3 Å². The maximum Gasteiger partial charge on any atom is 0.317 e. The third-order valence-corrected chi connectivity index (χ3v) is 3.33. The molecule has 0 saturated carbocycles. The van der Waals surface area contributed by atoms with Crippen LogP contribution >= 0.6 is 0 Å². The first-order valence-corrected chi connectivity index (χ1v) is 7.32. The second-order valence-electron chi connectivity index (χ2n) is 5.13. The quantitative estimate of drug-likeness (QED) is 0.724. The average Bonchev–Trinajstić information content (AvgIpc) is 2.45. The predicted molar refractivity (Wildman–Crippen MR) is 82.2 cm³/mol. The van der Waals surface area contributed by atoms with E-state index in [1.807, 2.05) is 12.1 Å². The average molecular weight is 292 g/mol. The number of hydrogen-bond acceptors (Lipinski definition) is 2. The van der Waals surface area contributed by atoms with E-state index in [-0.39, 0.29) is 12.5 Å². The Morgan fingerprint density at radius 3 is 2.48 bits per heavy atom. The van der Waals surface area contributed by atoms with E-state index in [4.69, 9.17) is 5.11 Å². The monoisotopic (exact) mass is 292 g/mol. The summed E-state index contributed by atoms with van der Waals surface area (Å²) in [5.41, 5.74) is 1.58. The number of urea groups is 1. The maximum absolute atomic E-state index is 11.9. The zero-order valence-corrected chi connectivity index (χ0v) is 12.8. The van der Waals surface area contributed by atoms with Crippen molar-refractivity contribution in [3.8, 4) is 0 Å². The van der Waals surface area contributed by atoms with Crippen LogP contribution in [-0.4, -0.2) is 35.6 Å². The smallest absolute Gasteiger partial charge is 0.317 e. The van der Waals surface area contributed by atoms with Gasteiger partial charge in [0.25, 0.3) is 0 Å². The number of nitrogens with one attached hydrogen (secondary N) is 1. The number of rotatable bonds is 8. The molecule has 2 N–H and O–H groups in total. The number of nitrogens with zero attached hydrogens (tertiary/aromatic N) is 1. The fourth-order valence-corrected chi connectivity index (χ4v) is 2.07. The van der Waals surface area contributed by atoms with Gasteiger partial charge in [-0.3, -0.25) is 4.79 Å². The fourth-order valence-electron chi connectivity index (χ4n) is 2.07. The Bertz CT molecular complexity index is 474. The Morgan fingerprint density at radius 1 is 1.19 bits per heavy atom. The molecule has 0 fully saturated rings. The highest BCUT2D eigenvalue weighted by atomic mass is 16.4. The van der Waals surface area contributed by atoms with Gasteiger partial charge in [0, 0.05) is 20.1 Å². The zero-order chi connectivity index (χ0) is 15.7. The normalized spacial score (nSPS) is 10.2. The summed E-state index contributed by atoms with van der Waals surface area (Å²) in [7, 11) is 1.77. The molecule has 116 valence electrons. The molecule has 5 heteroatoms. The molecule has 0 bridgehead atoms. The third-order valence-electron chi connectivity index (χ3n) is 3.33. The van der Waals surface area contributed by atoms with E-state index in [0.29, 0.717) is 6.54 Å². The number of carboxylic acid groups (broad SMARTS) is 1. The third kappa shape index (κ3) is 6.29. The molecular formula is C16H24N2O3. The van der Waals surface area contributed by atoms with Crippen molar-refractivity contribution in [2.45, 2.75) is 39.2 Å². The molecule has 0 heterocycles. The van der Waals surface area contributed by atoms with Crippen LogP contribution in [0.1, 0.15) is 37.3 Å². The molecular weight excluding hydrogens is 268 g/mol. The summed E-state index contributed by atoms with van der Waals surface area (Å²) in [6, 6.07) is 7.14. The molecule has 0 atom stereocenters. The second kappa shape index (κ2) is 9.00. The lowest BCUT2D eigenvalue weighted by atomic mass is 10.0. The van der Waals surface area contributed by atoms with Gasteiger partial charge in [-0.05, 0) is 17.5 Å². The summed E-state index contributed by atoms with van der Waals surface area (Å²) in [6.45, 7) is 3.20. The van der Waals surface area contributed by atoms with E-state index < -0.39 is 5.97 Å². The largest absolute Gasteiger partial charge is 0.481 e. The minimum atomic E-state index is -0.870. The maximum atomic E-state index is 11.9. The fraction of sp³-hybridized carbons (Fsp3) is 0.500. The van der Waals surface area contributed by atoms with Crippen LogP contribution in [0.2, 0.25) is 0 Å². The first-order chi connectivity index (χ1) is 10.0. The van der Waals surface area contributed by atoms with E-state index in [2.05, 4.69) is 12.2 Å². The molecule has 0 aliphatic rings. The molecule has 21 heavy (non-hydrogen) atoms. The van der Waals surface area contributed by atoms with Gasteiger partial charge in [0.05, 0.1) is 6.42 Å². The summed E-state index contributed by atoms with van der Waals surface area (Å²) in [5.74, 6) is -0.870. The van der Waals surface area contributed by atoms with Crippen molar-refractivity contribution in [2.24, 2.45) is 0 Å². The number of unbranched alkanes of at least 4 members (excludes halogenated alkanes) is 2. The number of carboxylic acids is 1. The van der Waals surface area contributed by atoms with E-state index in [0.717, 1.165) is 36.9 Å². The van der Waals surface area contributed by atoms with E-state index in [9.17, 15) is 9.59 Å². The van der Waals surface area contributed by atoms with Crippen LogP contribution in [0.4, 0.5) is 4.79 Å². The Labute approximate surface area is 126 Å². The van der Waals surface area contributed by atoms with Gasteiger partial charge < -0.3 is 15.3 Å². The van der Waals surface area contributed by atoms with Gasteiger partial charge in [0.1, 0.15) is 0 Å². The predicted octanol–water partition coefficient (Wildman–Crippen LogP) is 2.65. The number of hydrogen-bond donors (Lipinski definition) is 2. The molecule has 2 amide bonds. The number of amides is 2. The highest BCUT2D eigenvalue weighted by Gasteiger charge is 2.10. The Kier molecular flexibility index (Phi) is 7.29. The van der Waals surface area contributed by atoms with E-state index in [1.54, 1.807) is 24.1 Å². The van der Waals surface area contributed by atoms with Crippen molar-refractivity contribution in [3.63, 3.8) is 0 Å². The summed E-state index contributed by atoms with van der Waals surface area (Å²) in [6.07, 6.45) is 3.20. The van der Waals surface area contributed by atoms with E-state index in [1.165, 1.54) is 0 Å². The molecule has 0 aliphatic heterocycles. The number of benzene rings is 1. The molecule has 0 spiro atoms. The number of aliphatic carboxylic acids is 1. The molecule has 0 unspecified atom stereocenters. The Hall–Kier alpha value is -2.04. The molecule has 1 aromatic rings. The van der Waals surface area contributed by atoms with Gasteiger partial charge in [-0.25, -0.2) is 4.79 Å². The first-order valence-electron chi connectivity index (χ1n) is 7.32. The van der Waals surface area contributed by atoms with Gasteiger partial charge in [0.15, 0.2) is 0 Å². The second-order valence-corrected chi connectivity index (χ2v) is 5.13. The van der Waals surface area contributed by atoms with Gasteiger partial charge in [0.2, 0.25) is 0 Å². The zero-order valence-electron chi connectivity index (χ0n) is 12.8. The molecule has 1 rings (SSSR count). The lowest BCUT2D eigenvalue weighted by Crippen LogP contribution is -2.37. The minimum Gasteiger partial charge on any atom is -0.481 e. The van der Waals surface area contributed by atoms with Gasteiger partial charge in [-0.1, -0.05) is 44.0 Å². The summed E-state index contributed by atoms with van der Waals surface area (Å²) >= 11 is 0. The van der Waals surface area contributed by atoms with Gasteiger partial charge in [-0.2, -0.15) is 0 Å². The Morgan fingerprint density at radius 2 is 1.86 bits per heavy atom. The lowest BCUT2D eigenvalue weighted by Gasteiger charge is -2.18. The van der Waals surface area contributed by atoms with Crippen LogP contribution < -0.4 is 5.32 Å². The number of carbonyl (C=O) groups is 2. The highest BCUT2D eigenvalue weighted by Crippen LogP contribution is 2.09. The summed E-state index contributed by atoms with van der Waals surface area (Å²) in [5, 5.41) is 11.7. The Balaban J connectivity index is 2.50. The van der Waals surface area contributed by atoms with Crippen molar-refractivity contribution in [1.29, 1.82) is 0 Å². The van der Waals surface area contributed by atoms with Crippen LogP contribution in [-0.2, 0) is 17.8 Å². The molecule has 5 nitrogen and oxygen atoms in total. The molecule has 0 saturated heterocycles. The number of carbonyl (C=O) groups excluding carboxylic acids is 1. The van der Waals surface area contributed by atoms with Crippen molar-refractivity contribution in [1.82, 2.24) is 10.2 Å². The molecule has 0 aliphatic carbocycles. The van der Waals surface area contributed by atoms with Gasteiger partial charge >= 0.3 is 12.0 Å². The first kappa shape index (κ1) is 17.0. The van der Waals surface area contributed by atoms with Crippen molar-refractivity contribution in [2.75, 3.05) is 13.6 Å². The highest BCUT2D eigenvalue weighted by molar-refractivity contribution is 5.74. The standard InChI is InChI=1S/C16H24N2O3/c1-3-4-7-10-18(2)16(21)17-12-14-9-6-5-8-13(14)11-15(19)20/h5-6,8-9H,3-4,7,10-12H2,1-2H3,(H,17,21)(H,19,20). The van der Waals surface area contributed by atoms with Crippen molar-refractivity contribution >= 4 is 12.0 Å². The van der Waals surface area contributed by atoms with Crippen molar-refractivity contribution < 1.29 is 14.7 Å². The van der Waals surface area contributed by atoms with Crippen molar-refractivity contribution in [3.05, 3.63) is 35.4 Å². The van der Waals surface area contributed by atoms with Crippen LogP contribution in [0, 0.1) is 0 Å². The topological polar surface area (TPSA) is 69.6 Å². The molecule has 0 radical (unpaired) electrons. The molecule has 1 aromatic carbocycles. The van der Waals surface area contributed by atoms with E-state index >= 15 is 0 Å². The van der Waals surface area contributed by atoms with Crippen LogP contribution in [0.25, 0.3) is 0 Å². The van der Waals surface area contributed by atoms with Crippen LogP contribution in [0.5, 0.6) is 0 Å². The molecule has 0 aromatic heterocycles. The minimum absolute atomic E-state index is 0.0294. The summed E-state index contributed by atoms with van der Waals surface area (Å²) in [4.78, 5) is 24.4. The SMILES string of the molecule is CCCCCN(C)C(=O)NCc1ccccc1CC(=O)O. The van der Waals surface area contributed by atoms with Gasteiger partial charge in [-0.15, -0.1) is 0 Å². The lowest BCUT2D eigenvalue weighted by molar-refractivity contribution is -0.136. The van der Waals surface area contributed by atoms with Crippen LogP contribution in [0.3, 0.4) is 0 Å².